The highest BCUT2D eigenvalue weighted by atomic mass is 16.3. The van der Waals surface area contributed by atoms with Gasteiger partial charge in [-0.15, -0.1) is 0 Å². The van der Waals surface area contributed by atoms with Crippen molar-refractivity contribution < 1.29 is 5.11 Å². The molecule has 1 aromatic rings. The first kappa shape index (κ1) is 18.2. The highest BCUT2D eigenvalue weighted by Gasteiger charge is 2.06. The van der Waals surface area contributed by atoms with E-state index in [1.54, 1.807) is 0 Å². The molecule has 0 saturated carbocycles. The summed E-state index contributed by atoms with van der Waals surface area (Å²) in [5, 5.41) is 9.05. The maximum Gasteiger partial charge on any atom is 0.0456 e. The highest BCUT2D eigenvalue weighted by Crippen LogP contribution is 2.19. The van der Waals surface area contributed by atoms with Crippen LogP contribution in [0.4, 0.5) is 0 Å². The molecule has 0 aromatic heterocycles. The van der Waals surface area contributed by atoms with Crippen LogP contribution in [0, 0.1) is 5.92 Å². The second kappa shape index (κ2) is 10.8. The zero-order valence-corrected chi connectivity index (χ0v) is 13.9. The van der Waals surface area contributed by atoms with E-state index >= 15 is 0 Å². The van der Waals surface area contributed by atoms with Gasteiger partial charge >= 0.3 is 0 Å². The molecule has 0 fully saturated rings. The number of unbranched alkanes of at least 4 members (excludes halogenated alkanes) is 4. The van der Waals surface area contributed by atoms with Gasteiger partial charge in [-0.1, -0.05) is 70.2 Å². The molecule has 0 saturated heterocycles. The second-order valence-electron chi connectivity index (χ2n) is 6.38. The lowest BCUT2D eigenvalue weighted by Gasteiger charge is -2.13. The predicted molar refractivity (Wildman–Crippen MR) is 91.3 cm³/mol. The van der Waals surface area contributed by atoms with Gasteiger partial charge in [-0.2, -0.15) is 0 Å². The fraction of sp³-hybridized carbons (Fsp3) is 0.684. The molecule has 1 rings (SSSR count). The fourth-order valence-electron chi connectivity index (χ4n) is 2.57. The van der Waals surface area contributed by atoms with Gasteiger partial charge in [-0.25, -0.2) is 0 Å². The van der Waals surface area contributed by atoms with Crippen LogP contribution in [0.25, 0.3) is 0 Å². The lowest BCUT2D eigenvalue weighted by Crippen LogP contribution is -2.10. The topological polar surface area (TPSA) is 46.2 Å². The summed E-state index contributed by atoms with van der Waals surface area (Å²) in [6.07, 6.45) is 9.68. The number of aliphatic hydroxyl groups excluding tert-OH is 1. The third kappa shape index (κ3) is 7.63. The van der Waals surface area contributed by atoms with Gasteiger partial charge in [-0.3, -0.25) is 0 Å². The van der Waals surface area contributed by atoms with Crippen molar-refractivity contribution in [2.75, 3.05) is 6.61 Å². The summed E-state index contributed by atoms with van der Waals surface area (Å²) in [4.78, 5) is 0. The minimum atomic E-state index is 0.178. The van der Waals surface area contributed by atoms with Crippen LogP contribution in [-0.2, 0) is 6.42 Å². The summed E-state index contributed by atoms with van der Waals surface area (Å²) >= 11 is 0. The first-order valence-electron chi connectivity index (χ1n) is 8.62. The highest BCUT2D eigenvalue weighted by molar-refractivity contribution is 5.25. The van der Waals surface area contributed by atoms with Crippen molar-refractivity contribution in [2.24, 2.45) is 11.7 Å². The number of aliphatic hydroxyl groups is 1. The Morgan fingerprint density at radius 3 is 2.29 bits per heavy atom. The van der Waals surface area contributed by atoms with Gasteiger partial charge < -0.3 is 10.8 Å². The zero-order valence-electron chi connectivity index (χ0n) is 13.9. The van der Waals surface area contributed by atoms with Crippen molar-refractivity contribution in [2.45, 2.75) is 71.3 Å². The van der Waals surface area contributed by atoms with Crippen LogP contribution in [0.1, 0.15) is 76.0 Å². The normalized spacial score (nSPS) is 14.1. The molecule has 3 N–H and O–H groups in total. The van der Waals surface area contributed by atoms with Crippen molar-refractivity contribution in [1.82, 2.24) is 0 Å². The maximum atomic E-state index is 9.05. The van der Waals surface area contributed by atoms with Crippen LogP contribution in [0.5, 0.6) is 0 Å². The van der Waals surface area contributed by atoms with Gasteiger partial charge in [0.05, 0.1) is 0 Å². The Labute approximate surface area is 130 Å². The molecule has 0 aliphatic heterocycles. The van der Waals surface area contributed by atoms with Gasteiger partial charge in [0.2, 0.25) is 0 Å². The Hall–Kier alpha value is -0.860. The van der Waals surface area contributed by atoms with Crippen LogP contribution >= 0.6 is 0 Å². The van der Waals surface area contributed by atoms with E-state index < -0.39 is 0 Å². The molecule has 2 atom stereocenters. The number of hydrogen-bond acceptors (Lipinski definition) is 2. The largest absolute Gasteiger partial charge is 0.396 e. The van der Waals surface area contributed by atoms with Crippen molar-refractivity contribution >= 4 is 0 Å². The average Bonchev–Trinajstić information content (AvgIpc) is 2.52. The Balaban J connectivity index is 2.31. The number of rotatable bonds is 11. The van der Waals surface area contributed by atoms with Gasteiger partial charge in [0.25, 0.3) is 0 Å². The van der Waals surface area contributed by atoms with Crippen LogP contribution in [0.2, 0.25) is 0 Å². The fourth-order valence-corrected chi connectivity index (χ4v) is 2.57. The third-order valence-corrected chi connectivity index (χ3v) is 4.26. The summed E-state index contributed by atoms with van der Waals surface area (Å²) < 4.78 is 0. The van der Waals surface area contributed by atoms with E-state index in [4.69, 9.17) is 10.8 Å². The Kier molecular flexibility index (Phi) is 9.36. The Morgan fingerprint density at radius 2 is 1.67 bits per heavy atom. The van der Waals surface area contributed by atoms with E-state index in [0.717, 1.165) is 19.3 Å². The van der Waals surface area contributed by atoms with Crippen molar-refractivity contribution in [1.29, 1.82) is 0 Å². The van der Waals surface area contributed by atoms with Gasteiger partial charge in [0.15, 0.2) is 0 Å². The van der Waals surface area contributed by atoms with Crippen molar-refractivity contribution in [3.05, 3.63) is 35.4 Å². The quantitative estimate of drug-likeness (QED) is 0.585. The lowest BCUT2D eigenvalue weighted by molar-refractivity contribution is 0.230. The number of hydrogen-bond donors (Lipinski definition) is 2. The Bertz CT molecular complexity index is 360. The molecule has 21 heavy (non-hydrogen) atoms. The van der Waals surface area contributed by atoms with Crippen molar-refractivity contribution in [3.8, 4) is 0 Å². The first-order chi connectivity index (χ1) is 10.2. The molecule has 2 unspecified atom stereocenters. The minimum absolute atomic E-state index is 0.178. The molecule has 0 aliphatic rings. The second-order valence-corrected chi connectivity index (χ2v) is 6.38. The maximum absolute atomic E-state index is 9.05. The summed E-state index contributed by atoms with van der Waals surface area (Å²) in [5.41, 5.74) is 8.87. The van der Waals surface area contributed by atoms with E-state index in [0.29, 0.717) is 5.92 Å². The monoisotopic (exact) mass is 291 g/mol. The van der Waals surface area contributed by atoms with Crippen LogP contribution in [0.15, 0.2) is 24.3 Å². The molecule has 120 valence electrons. The lowest BCUT2D eigenvalue weighted by atomic mass is 9.97. The summed E-state index contributed by atoms with van der Waals surface area (Å²) in [6, 6.07) is 8.91. The Morgan fingerprint density at radius 1 is 1.00 bits per heavy atom. The number of aryl methyl sites for hydroxylation is 1. The smallest absolute Gasteiger partial charge is 0.0456 e. The zero-order chi connectivity index (χ0) is 15.5. The van der Waals surface area contributed by atoms with E-state index in [1.807, 2.05) is 0 Å². The molecule has 0 heterocycles. The first-order valence-corrected chi connectivity index (χ1v) is 8.62. The molecule has 2 heteroatoms. The summed E-state index contributed by atoms with van der Waals surface area (Å²) in [6.45, 7) is 4.61. The predicted octanol–water partition coefficient (Wildman–Crippen LogP) is 4.61. The molecule has 1 aromatic carbocycles. The molecular weight excluding hydrogens is 258 g/mol. The molecule has 0 radical (unpaired) electrons. The summed E-state index contributed by atoms with van der Waals surface area (Å²) in [5.74, 6) is 0.384. The van der Waals surface area contributed by atoms with E-state index in [9.17, 15) is 0 Å². The van der Waals surface area contributed by atoms with Crippen LogP contribution < -0.4 is 5.73 Å². The van der Waals surface area contributed by atoms with E-state index in [2.05, 4.69) is 38.1 Å². The van der Waals surface area contributed by atoms with Crippen LogP contribution in [-0.4, -0.2) is 11.7 Å². The van der Waals surface area contributed by atoms with Gasteiger partial charge in [0, 0.05) is 12.6 Å². The third-order valence-electron chi connectivity index (χ3n) is 4.26. The number of benzene rings is 1. The molecule has 0 spiro atoms. The van der Waals surface area contributed by atoms with E-state index in [-0.39, 0.29) is 12.6 Å². The van der Waals surface area contributed by atoms with E-state index in [1.165, 1.54) is 43.2 Å². The minimum Gasteiger partial charge on any atom is -0.396 e. The molecular formula is C19H33NO. The molecule has 0 bridgehead atoms. The SMILES string of the molecule is CCCCCCCC(N)c1ccc(CCC(C)CO)cc1. The molecule has 0 amide bonds. The average molecular weight is 291 g/mol. The van der Waals surface area contributed by atoms with Gasteiger partial charge in [-0.05, 0) is 36.3 Å². The van der Waals surface area contributed by atoms with Crippen molar-refractivity contribution in [3.63, 3.8) is 0 Å². The molecule has 0 aliphatic carbocycles. The van der Waals surface area contributed by atoms with Gasteiger partial charge in [0.1, 0.15) is 0 Å². The molecule has 2 nitrogen and oxygen atoms in total. The summed E-state index contributed by atoms with van der Waals surface area (Å²) in [7, 11) is 0. The standard InChI is InChI=1S/C19H33NO/c1-3-4-5-6-7-8-19(20)18-13-11-17(12-14-18)10-9-16(2)15-21/h11-14,16,19,21H,3-10,15,20H2,1-2H3. The number of nitrogens with two attached hydrogens (primary N) is 1. The van der Waals surface area contributed by atoms with Crippen LogP contribution in [0.3, 0.4) is 0 Å².